The van der Waals surface area contributed by atoms with Crippen molar-refractivity contribution >= 4 is 18.0 Å². The van der Waals surface area contributed by atoms with Crippen LogP contribution in [0, 0.1) is 0 Å². The summed E-state index contributed by atoms with van der Waals surface area (Å²) >= 11 is 0. The minimum absolute atomic E-state index is 0.0256. The first-order valence-corrected chi connectivity index (χ1v) is 7.77. The zero-order valence-corrected chi connectivity index (χ0v) is 13.1. The second kappa shape index (κ2) is 5.75. The highest BCUT2D eigenvalue weighted by atomic mass is 16.5. The number of H-pyrrole nitrogens is 1. The van der Waals surface area contributed by atoms with E-state index in [-0.39, 0.29) is 18.6 Å². The van der Waals surface area contributed by atoms with E-state index in [0.717, 1.165) is 11.3 Å². The van der Waals surface area contributed by atoms with Gasteiger partial charge in [0.1, 0.15) is 18.4 Å². The average molecular weight is 331 g/mol. The van der Waals surface area contributed by atoms with E-state index in [2.05, 4.69) is 25.8 Å². The topological polar surface area (TPSA) is 118 Å². The van der Waals surface area contributed by atoms with E-state index in [1.807, 2.05) is 6.92 Å². The molecule has 1 unspecified atom stereocenters. The van der Waals surface area contributed by atoms with E-state index >= 15 is 0 Å². The number of aromatic nitrogens is 2. The van der Waals surface area contributed by atoms with Crippen LogP contribution in [0.15, 0.2) is 16.4 Å². The van der Waals surface area contributed by atoms with E-state index in [4.69, 9.17) is 9.47 Å². The third kappa shape index (κ3) is 2.56. The van der Waals surface area contributed by atoms with Gasteiger partial charge in [0.15, 0.2) is 5.69 Å². The number of hydrogen-bond acceptors (Lipinski definition) is 6. The number of aromatic amines is 1. The Kier molecular flexibility index (Phi) is 3.57. The van der Waals surface area contributed by atoms with Crippen LogP contribution >= 0.6 is 0 Å². The Morgan fingerprint density at radius 3 is 3.21 bits per heavy atom. The number of fused-ring (bicyclic) bond motifs is 1. The van der Waals surface area contributed by atoms with Crippen LogP contribution in [-0.4, -0.2) is 53.5 Å². The minimum Gasteiger partial charge on any atom is -0.491 e. The first kappa shape index (κ1) is 14.9. The molecule has 0 saturated carbocycles. The number of nitrogens with one attached hydrogen (secondary N) is 3. The molecule has 2 atom stereocenters. The fourth-order valence-corrected chi connectivity index (χ4v) is 2.92. The van der Waals surface area contributed by atoms with Gasteiger partial charge in [0, 0.05) is 18.2 Å². The molecule has 0 spiro atoms. The third-order valence-electron chi connectivity index (χ3n) is 4.23. The van der Waals surface area contributed by atoms with E-state index in [1.54, 1.807) is 6.21 Å². The smallest absolute Gasteiger partial charge is 0.272 e. The van der Waals surface area contributed by atoms with E-state index in [0.29, 0.717) is 36.7 Å². The first-order valence-electron chi connectivity index (χ1n) is 7.77. The number of carbonyl (C=O) groups is 2. The van der Waals surface area contributed by atoms with Crippen molar-refractivity contribution < 1.29 is 19.1 Å². The molecule has 1 aromatic rings. The summed E-state index contributed by atoms with van der Waals surface area (Å²) in [4.78, 5) is 28.8. The van der Waals surface area contributed by atoms with Crippen LogP contribution in [0.25, 0.3) is 0 Å². The summed E-state index contributed by atoms with van der Waals surface area (Å²) in [6.45, 7) is 2.81. The lowest BCUT2D eigenvalue weighted by Gasteiger charge is -2.20. The van der Waals surface area contributed by atoms with Crippen LogP contribution in [0.3, 0.4) is 0 Å². The van der Waals surface area contributed by atoms with Crippen LogP contribution in [0.4, 0.5) is 0 Å². The zero-order valence-electron chi connectivity index (χ0n) is 13.1. The van der Waals surface area contributed by atoms with Gasteiger partial charge in [-0.2, -0.15) is 5.10 Å². The molecular weight excluding hydrogens is 314 g/mol. The molecule has 3 aliphatic rings. The molecule has 2 amide bonds. The highest BCUT2D eigenvalue weighted by Crippen LogP contribution is 2.22. The largest absolute Gasteiger partial charge is 0.491 e. The number of amides is 2. The van der Waals surface area contributed by atoms with Gasteiger partial charge in [-0.3, -0.25) is 19.7 Å². The lowest BCUT2D eigenvalue weighted by atomic mass is 10.0. The average Bonchev–Trinajstić information content (AvgIpc) is 3.14. The highest BCUT2D eigenvalue weighted by molar-refractivity contribution is 5.99. The monoisotopic (exact) mass is 331 g/mol. The van der Waals surface area contributed by atoms with Crippen LogP contribution < -0.4 is 10.6 Å². The van der Waals surface area contributed by atoms with Crippen LogP contribution in [0.2, 0.25) is 0 Å². The Hall–Kier alpha value is -2.68. The molecule has 0 aromatic carbocycles. The summed E-state index contributed by atoms with van der Waals surface area (Å²) in [7, 11) is 0. The summed E-state index contributed by atoms with van der Waals surface area (Å²) < 4.78 is 11.1. The lowest BCUT2D eigenvalue weighted by Crippen LogP contribution is -2.48. The predicted octanol–water partition coefficient (Wildman–Crippen LogP) is -0.588. The first-order chi connectivity index (χ1) is 11.6. The number of aliphatic imine (C=N–C) groups is 1. The van der Waals surface area contributed by atoms with Crippen molar-refractivity contribution in [1.29, 1.82) is 0 Å². The van der Waals surface area contributed by atoms with Gasteiger partial charge in [0.2, 0.25) is 0 Å². The molecule has 9 nitrogen and oxygen atoms in total. The Bertz CT molecular complexity index is 766. The Morgan fingerprint density at radius 2 is 2.33 bits per heavy atom. The van der Waals surface area contributed by atoms with Crippen molar-refractivity contribution in [2.24, 2.45) is 4.99 Å². The third-order valence-corrected chi connectivity index (χ3v) is 4.23. The summed E-state index contributed by atoms with van der Waals surface area (Å²) in [5, 5.41) is 12.3. The minimum atomic E-state index is -0.791. The summed E-state index contributed by atoms with van der Waals surface area (Å²) in [6, 6.07) is -0.791. The Balaban J connectivity index is 1.48. The quantitative estimate of drug-likeness (QED) is 0.670. The molecule has 0 bridgehead atoms. The van der Waals surface area contributed by atoms with E-state index in [1.165, 1.54) is 0 Å². The van der Waals surface area contributed by atoms with Gasteiger partial charge in [0.05, 0.1) is 30.6 Å². The van der Waals surface area contributed by atoms with E-state index < -0.39 is 11.9 Å². The molecule has 24 heavy (non-hydrogen) atoms. The van der Waals surface area contributed by atoms with Gasteiger partial charge >= 0.3 is 0 Å². The standard InChI is InChI=1S/C15H17N5O4/c1-7-2-8-10(5-23-7)19-20-13(8)15(22)18-11-6-24-12-4-16-3-9(12)17-14(11)21/h3,7,11H,2,4-6H2,1H3,(H,17,21)(H,18,22)(H,19,20)/t7?,11-/m0/s1. The highest BCUT2D eigenvalue weighted by Gasteiger charge is 2.31. The van der Waals surface area contributed by atoms with Crippen molar-refractivity contribution in [3.63, 3.8) is 0 Å². The fraction of sp³-hybridized carbons (Fsp3) is 0.467. The van der Waals surface area contributed by atoms with Crippen molar-refractivity contribution in [2.75, 3.05) is 13.2 Å². The molecule has 4 rings (SSSR count). The molecule has 4 heterocycles. The fourth-order valence-electron chi connectivity index (χ4n) is 2.92. The molecule has 3 aliphatic heterocycles. The summed E-state index contributed by atoms with van der Waals surface area (Å²) in [5.74, 6) is -0.118. The zero-order chi connectivity index (χ0) is 16.7. The summed E-state index contributed by atoms with van der Waals surface area (Å²) in [6.07, 6.45) is 2.19. The Morgan fingerprint density at radius 1 is 1.46 bits per heavy atom. The van der Waals surface area contributed by atoms with Gasteiger partial charge in [-0.05, 0) is 6.92 Å². The normalized spacial score (nSPS) is 25.5. The molecule has 1 aromatic heterocycles. The van der Waals surface area contributed by atoms with Crippen LogP contribution in [0.5, 0.6) is 0 Å². The molecule has 0 aliphatic carbocycles. The van der Waals surface area contributed by atoms with Crippen molar-refractivity contribution in [3.05, 3.63) is 28.4 Å². The number of ether oxygens (including phenoxy) is 2. The van der Waals surface area contributed by atoms with Gasteiger partial charge in [0.25, 0.3) is 11.8 Å². The maximum absolute atomic E-state index is 12.5. The number of hydrogen-bond donors (Lipinski definition) is 3. The van der Waals surface area contributed by atoms with E-state index in [9.17, 15) is 9.59 Å². The molecule has 3 N–H and O–H groups in total. The molecule has 0 saturated heterocycles. The molecule has 0 radical (unpaired) electrons. The maximum atomic E-state index is 12.5. The Labute approximate surface area is 137 Å². The summed E-state index contributed by atoms with van der Waals surface area (Å²) in [5.41, 5.74) is 2.50. The second-order valence-electron chi connectivity index (χ2n) is 5.99. The second-order valence-corrected chi connectivity index (χ2v) is 5.99. The SMILES string of the molecule is CC1Cc2c(C(=O)N[C@H]3COC4=C(C=NC4)NC3=O)n[nH]c2CO1. The molecule has 126 valence electrons. The van der Waals surface area contributed by atoms with Crippen LogP contribution in [-0.2, 0) is 27.3 Å². The van der Waals surface area contributed by atoms with Gasteiger partial charge in [-0.25, -0.2) is 0 Å². The van der Waals surface area contributed by atoms with Crippen molar-refractivity contribution in [2.45, 2.75) is 32.1 Å². The lowest BCUT2D eigenvalue weighted by molar-refractivity contribution is -0.122. The van der Waals surface area contributed by atoms with Crippen molar-refractivity contribution in [3.8, 4) is 0 Å². The predicted molar refractivity (Wildman–Crippen MR) is 82.3 cm³/mol. The van der Waals surface area contributed by atoms with Gasteiger partial charge < -0.3 is 20.1 Å². The maximum Gasteiger partial charge on any atom is 0.272 e. The molecule has 9 heteroatoms. The van der Waals surface area contributed by atoms with Crippen LogP contribution in [0.1, 0.15) is 28.7 Å². The number of nitrogens with zero attached hydrogens (tertiary/aromatic N) is 2. The number of rotatable bonds is 2. The number of carbonyl (C=O) groups excluding carboxylic acids is 2. The van der Waals surface area contributed by atoms with Crippen molar-refractivity contribution in [1.82, 2.24) is 20.8 Å². The number of allylic oxidation sites excluding steroid dienone is 1. The molecular formula is C15H17N5O4. The van der Waals surface area contributed by atoms with Gasteiger partial charge in [-0.15, -0.1) is 0 Å². The molecule has 0 fully saturated rings. The van der Waals surface area contributed by atoms with Gasteiger partial charge in [-0.1, -0.05) is 0 Å².